The van der Waals surface area contributed by atoms with E-state index >= 15 is 0 Å². The number of aryl methyl sites for hydroxylation is 3. The minimum atomic E-state index is -1.09. The molecule has 110 valence electrons. The van der Waals surface area contributed by atoms with Gasteiger partial charge in [0.1, 0.15) is 0 Å². The van der Waals surface area contributed by atoms with E-state index in [-0.39, 0.29) is 11.3 Å². The molecule has 0 unspecified atom stereocenters. The van der Waals surface area contributed by atoms with Crippen LogP contribution in [-0.2, 0) is 7.05 Å². The fraction of sp³-hybridized carbons (Fsp3) is 0.214. The van der Waals surface area contributed by atoms with Gasteiger partial charge in [0.15, 0.2) is 0 Å². The summed E-state index contributed by atoms with van der Waals surface area (Å²) < 4.78 is 1.58. The topological polar surface area (TPSA) is 96.3 Å². The Kier molecular flexibility index (Phi) is 3.93. The molecular weight excluding hydrogens is 272 g/mol. The summed E-state index contributed by atoms with van der Waals surface area (Å²) in [6, 6.07) is 4.30. The predicted octanol–water partition coefficient (Wildman–Crippen LogP) is 2.38. The van der Waals surface area contributed by atoms with Crippen molar-refractivity contribution >= 4 is 23.4 Å². The number of nitrogens with one attached hydrogen (secondary N) is 2. The van der Waals surface area contributed by atoms with Crippen LogP contribution < -0.4 is 10.6 Å². The van der Waals surface area contributed by atoms with Crippen molar-refractivity contribution in [2.45, 2.75) is 13.8 Å². The number of anilines is 2. The number of hydrogen-bond donors (Lipinski definition) is 3. The highest BCUT2D eigenvalue weighted by molar-refractivity contribution is 6.05. The molecule has 1 heterocycles. The first-order valence-electron chi connectivity index (χ1n) is 6.29. The first kappa shape index (κ1) is 14.6. The van der Waals surface area contributed by atoms with Crippen LogP contribution in [0.25, 0.3) is 0 Å². The standard InChI is InChI=1S/C14H16N4O3/c1-8-5-4-6-10(13(19)20)12(8)16-14(21)15-11-7-18(3)17-9(11)2/h4-7H,1-3H3,(H,19,20)(H2,15,16,21). The molecule has 1 aromatic heterocycles. The van der Waals surface area contributed by atoms with Crippen molar-refractivity contribution in [2.24, 2.45) is 7.05 Å². The number of carbonyl (C=O) groups is 2. The molecule has 2 amide bonds. The van der Waals surface area contributed by atoms with Crippen molar-refractivity contribution < 1.29 is 14.7 Å². The van der Waals surface area contributed by atoms with Crippen LogP contribution in [0.4, 0.5) is 16.2 Å². The molecule has 21 heavy (non-hydrogen) atoms. The lowest BCUT2D eigenvalue weighted by molar-refractivity contribution is 0.0698. The normalized spacial score (nSPS) is 10.2. The van der Waals surface area contributed by atoms with E-state index in [2.05, 4.69) is 15.7 Å². The molecule has 0 aliphatic rings. The Hall–Kier alpha value is -2.83. The number of rotatable bonds is 3. The lowest BCUT2D eigenvalue weighted by Crippen LogP contribution is -2.21. The molecule has 7 nitrogen and oxygen atoms in total. The van der Waals surface area contributed by atoms with Crippen LogP contribution in [-0.4, -0.2) is 26.9 Å². The largest absolute Gasteiger partial charge is 0.478 e. The number of carboxylic acid groups (broad SMARTS) is 1. The Bertz CT molecular complexity index is 706. The van der Waals surface area contributed by atoms with E-state index in [0.717, 1.165) is 0 Å². The summed E-state index contributed by atoms with van der Waals surface area (Å²) in [5, 5.41) is 18.5. The summed E-state index contributed by atoms with van der Waals surface area (Å²) in [5.41, 5.74) is 2.25. The van der Waals surface area contributed by atoms with Crippen molar-refractivity contribution in [3.63, 3.8) is 0 Å². The number of para-hydroxylation sites is 1. The molecule has 0 spiro atoms. The van der Waals surface area contributed by atoms with Crippen molar-refractivity contribution in [3.8, 4) is 0 Å². The van der Waals surface area contributed by atoms with Crippen LogP contribution in [0.1, 0.15) is 21.6 Å². The average molecular weight is 288 g/mol. The number of aromatic carboxylic acids is 1. The Balaban J connectivity index is 2.20. The minimum Gasteiger partial charge on any atom is -0.478 e. The molecule has 0 saturated carbocycles. The second kappa shape index (κ2) is 5.66. The van der Waals surface area contributed by atoms with Gasteiger partial charge in [0, 0.05) is 13.2 Å². The number of carbonyl (C=O) groups excluding carboxylic acids is 1. The summed E-state index contributed by atoms with van der Waals surface area (Å²) in [5.74, 6) is -1.09. The maximum Gasteiger partial charge on any atom is 0.337 e. The SMILES string of the molecule is Cc1cccc(C(=O)O)c1NC(=O)Nc1cn(C)nc1C. The Morgan fingerprint density at radius 2 is 1.95 bits per heavy atom. The second-order valence-electron chi connectivity index (χ2n) is 4.68. The predicted molar refractivity (Wildman–Crippen MR) is 78.7 cm³/mol. The van der Waals surface area contributed by atoms with E-state index in [1.165, 1.54) is 6.07 Å². The minimum absolute atomic E-state index is 0.0491. The Morgan fingerprint density at radius 1 is 1.24 bits per heavy atom. The molecule has 0 atom stereocenters. The summed E-state index contributed by atoms with van der Waals surface area (Å²) >= 11 is 0. The van der Waals surface area contributed by atoms with E-state index in [9.17, 15) is 9.59 Å². The molecule has 2 rings (SSSR count). The van der Waals surface area contributed by atoms with Crippen LogP contribution >= 0.6 is 0 Å². The molecule has 0 aliphatic heterocycles. The number of hydrogen-bond acceptors (Lipinski definition) is 3. The number of amides is 2. The van der Waals surface area contributed by atoms with E-state index in [1.807, 2.05) is 0 Å². The summed E-state index contributed by atoms with van der Waals surface area (Å²) in [6.45, 7) is 3.50. The van der Waals surface area contributed by atoms with Crippen LogP contribution in [0, 0.1) is 13.8 Å². The molecule has 0 aliphatic carbocycles. The lowest BCUT2D eigenvalue weighted by atomic mass is 10.1. The van der Waals surface area contributed by atoms with Gasteiger partial charge in [-0.2, -0.15) is 5.10 Å². The zero-order valence-electron chi connectivity index (χ0n) is 12.0. The van der Waals surface area contributed by atoms with Gasteiger partial charge >= 0.3 is 12.0 Å². The van der Waals surface area contributed by atoms with Crippen molar-refractivity contribution in [2.75, 3.05) is 10.6 Å². The summed E-state index contributed by atoms with van der Waals surface area (Å²) in [6.07, 6.45) is 1.67. The van der Waals surface area contributed by atoms with Gasteiger partial charge in [-0.25, -0.2) is 9.59 Å². The zero-order valence-corrected chi connectivity index (χ0v) is 12.0. The van der Waals surface area contributed by atoms with Gasteiger partial charge in [-0.05, 0) is 25.5 Å². The molecule has 0 saturated heterocycles. The average Bonchev–Trinajstić information content (AvgIpc) is 2.70. The summed E-state index contributed by atoms with van der Waals surface area (Å²) in [7, 11) is 1.75. The Morgan fingerprint density at radius 3 is 2.52 bits per heavy atom. The van der Waals surface area contributed by atoms with Crippen LogP contribution in [0.5, 0.6) is 0 Å². The number of benzene rings is 1. The second-order valence-corrected chi connectivity index (χ2v) is 4.68. The quantitative estimate of drug-likeness (QED) is 0.807. The van der Waals surface area contributed by atoms with Crippen LogP contribution in [0.3, 0.4) is 0 Å². The molecule has 2 aromatic rings. The van der Waals surface area contributed by atoms with Gasteiger partial charge in [-0.3, -0.25) is 4.68 Å². The van der Waals surface area contributed by atoms with E-state index in [4.69, 9.17) is 5.11 Å². The smallest absolute Gasteiger partial charge is 0.337 e. The lowest BCUT2D eigenvalue weighted by Gasteiger charge is -2.12. The molecule has 7 heteroatoms. The third-order valence-electron chi connectivity index (χ3n) is 3.00. The van der Waals surface area contributed by atoms with Gasteiger partial charge in [0.05, 0.1) is 22.6 Å². The monoisotopic (exact) mass is 288 g/mol. The van der Waals surface area contributed by atoms with Crippen molar-refractivity contribution in [1.82, 2.24) is 9.78 Å². The Labute approximate surface area is 121 Å². The zero-order chi connectivity index (χ0) is 15.6. The first-order chi connectivity index (χ1) is 9.88. The highest BCUT2D eigenvalue weighted by Crippen LogP contribution is 2.21. The van der Waals surface area contributed by atoms with Crippen LogP contribution in [0.15, 0.2) is 24.4 Å². The van der Waals surface area contributed by atoms with Crippen LogP contribution in [0.2, 0.25) is 0 Å². The number of nitrogens with zero attached hydrogens (tertiary/aromatic N) is 2. The van der Waals surface area contributed by atoms with Gasteiger partial charge in [-0.1, -0.05) is 12.1 Å². The first-order valence-corrected chi connectivity index (χ1v) is 6.29. The van der Waals surface area contributed by atoms with E-state index in [0.29, 0.717) is 16.9 Å². The van der Waals surface area contributed by atoms with Gasteiger partial charge in [0.25, 0.3) is 0 Å². The number of carboxylic acids is 1. The van der Waals surface area contributed by atoms with E-state index < -0.39 is 12.0 Å². The summed E-state index contributed by atoms with van der Waals surface area (Å²) in [4.78, 5) is 23.2. The molecule has 3 N–H and O–H groups in total. The van der Waals surface area contributed by atoms with Gasteiger partial charge < -0.3 is 15.7 Å². The fourth-order valence-corrected chi connectivity index (χ4v) is 2.00. The van der Waals surface area contributed by atoms with Crippen molar-refractivity contribution in [3.05, 3.63) is 41.2 Å². The van der Waals surface area contributed by atoms with Crippen molar-refractivity contribution in [1.29, 1.82) is 0 Å². The van der Waals surface area contributed by atoms with Gasteiger partial charge in [0.2, 0.25) is 0 Å². The van der Waals surface area contributed by atoms with Gasteiger partial charge in [-0.15, -0.1) is 0 Å². The van der Waals surface area contributed by atoms with E-state index in [1.54, 1.807) is 43.9 Å². The highest BCUT2D eigenvalue weighted by Gasteiger charge is 2.15. The molecule has 0 radical (unpaired) electrons. The maximum absolute atomic E-state index is 12.0. The molecule has 0 fully saturated rings. The third kappa shape index (κ3) is 3.19. The molecule has 0 bridgehead atoms. The molecule has 1 aromatic carbocycles. The third-order valence-corrected chi connectivity index (χ3v) is 3.00. The molecular formula is C14H16N4O3. The highest BCUT2D eigenvalue weighted by atomic mass is 16.4. The maximum atomic E-state index is 12.0. The number of aromatic nitrogens is 2. The fourth-order valence-electron chi connectivity index (χ4n) is 2.00. The number of urea groups is 1.